The van der Waals surface area contributed by atoms with E-state index in [-0.39, 0.29) is 17.1 Å². The topological polar surface area (TPSA) is 97.5 Å². The number of unbranched alkanes of at least 4 members (excludes halogenated alkanes) is 1. The SMILES string of the molecule is CCCC/C(=N\Oc1nc2oc(=O)cc(CC)c2c(=O)[nH]1)C1=CCC=C1. The van der Waals surface area contributed by atoms with Crippen molar-refractivity contribution in [3.05, 3.63) is 56.2 Å². The zero-order valence-corrected chi connectivity index (χ0v) is 14.9. The van der Waals surface area contributed by atoms with E-state index < -0.39 is 11.2 Å². The molecule has 7 heteroatoms. The van der Waals surface area contributed by atoms with Gasteiger partial charge in [0.2, 0.25) is 5.71 Å². The summed E-state index contributed by atoms with van der Waals surface area (Å²) in [7, 11) is 0. The average Bonchev–Trinajstić information content (AvgIpc) is 3.15. The lowest BCUT2D eigenvalue weighted by molar-refractivity contribution is 0.310. The lowest BCUT2D eigenvalue weighted by Gasteiger charge is -2.06. The Morgan fingerprint density at radius 3 is 2.92 bits per heavy atom. The van der Waals surface area contributed by atoms with E-state index >= 15 is 0 Å². The van der Waals surface area contributed by atoms with Gasteiger partial charge in [-0.25, -0.2) is 4.79 Å². The van der Waals surface area contributed by atoms with Crippen molar-refractivity contribution < 1.29 is 9.25 Å². The summed E-state index contributed by atoms with van der Waals surface area (Å²) in [6.45, 7) is 3.96. The summed E-state index contributed by atoms with van der Waals surface area (Å²) in [4.78, 5) is 36.0. The van der Waals surface area contributed by atoms with E-state index in [1.54, 1.807) is 0 Å². The second-order valence-electron chi connectivity index (χ2n) is 6.03. The van der Waals surface area contributed by atoms with Gasteiger partial charge in [-0.1, -0.05) is 43.7 Å². The van der Waals surface area contributed by atoms with Crippen molar-refractivity contribution in [2.75, 3.05) is 0 Å². The van der Waals surface area contributed by atoms with Gasteiger partial charge in [0.05, 0.1) is 5.71 Å². The minimum absolute atomic E-state index is 0.0432. The van der Waals surface area contributed by atoms with Gasteiger partial charge in [0.1, 0.15) is 5.39 Å². The number of oxime groups is 1. The van der Waals surface area contributed by atoms with Crippen LogP contribution in [0, 0.1) is 0 Å². The minimum atomic E-state index is -0.549. The molecule has 136 valence electrons. The molecule has 1 aliphatic rings. The summed E-state index contributed by atoms with van der Waals surface area (Å²) in [5.74, 6) is 0. The van der Waals surface area contributed by atoms with E-state index in [0.29, 0.717) is 12.0 Å². The van der Waals surface area contributed by atoms with Crippen molar-refractivity contribution in [1.82, 2.24) is 9.97 Å². The fourth-order valence-electron chi connectivity index (χ4n) is 2.81. The number of fused-ring (bicyclic) bond motifs is 1. The molecule has 0 saturated heterocycles. The summed E-state index contributed by atoms with van der Waals surface area (Å²) >= 11 is 0. The third-order valence-electron chi connectivity index (χ3n) is 4.17. The highest BCUT2D eigenvalue weighted by atomic mass is 16.6. The summed E-state index contributed by atoms with van der Waals surface area (Å²) in [6.07, 6.45) is 10.3. The number of aromatic nitrogens is 2. The van der Waals surface area contributed by atoms with Crippen LogP contribution in [0.2, 0.25) is 0 Å². The van der Waals surface area contributed by atoms with Crippen molar-refractivity contribution >= 4 is 16.8 Å². The molecular formula is C19H21N3O4. The number of aromatic amines is 1. The van der Waals surface area contributed by atoms with Gasteiger partial charge in [-0.3, -0.25) is 9.78 Å². The molecule has 0 bridgehead atoms. The number of nitrogens with one attached hydrogen (secondary N) is 1. The van der Waals surface area contributed by atoms with Crippen LogP contribution >= 0.6 is 0 Å². The van der Waals surface area contributed by atoms with Gasteiger partial charge >= 0.3 is 11.6 Å². The highest BCUT2D eigenvalue weighted by molar-refractivity contribution is 6.02. The Kier molecular flexibility index (Phi) is 5.46. The molecule has 0 unspecified atom stereocenters. The molecule has 2 aromatic rings. The Labute approximate surface area is 150 Å². The van der Waals surface area contributed by atoms with Crippen LogP contribution in [-0.4, -0.2) is 15.7 Å². The Morgan fingerprint density at radius 2 is 2.23 bits per heavy atom. The summed E-state index contributed by atoms with van der Waals surface area (Å²) in [5, 5.41) is 4.43. The molecule has 2 aromatic heterocycles. The van der Waals surface area contributed by atoms with Gasteiger partial charge in [0.25, 0.3) is 5.56 Å². The van der Waals surface area contributed by atoms with E-state index in [0.717, 1.165) is 37.0 Å². The van der Waals surface area contributed by atoms with E-state index in [1.165, 1.54) is 6.07 Å². The second-order valence-corrected chi connectivity index (χ2v) is 6.03. The zero-order valence-electron chi connectivity index (χ0n) is 14.9. The van der Waals surface area contributed by atoms with Gasteiger partial charge in [0.15, 0.2) is 0 Å². The second kappa shape index (κ2) is 7.95. The van der Waals surface area contributed by atoms with Gasteiger partial charge in [-0.05, 0) is 36.8 Å². The highest BCUT2D eigenvalue weighted by Gasteiger charge is 2.13. The molecule has 7 nitrogen and oxygen atoms in total. The molecule has 0 fully saturated rings. The highest BCUT2D eigenvalue weighted by Crippen LogP contribution is 2.17. The first-order valence-corrected chi connectivity index (χ1v) is 8.80. The van der Waals surface area contributed by atoms with E-state index in [4.69, 9.17) is 9.25 Å². The normalized spacial score (nSPS) is 14.1. The smallest absolute Gasteiger partial charge is 0.337 e. The van der Waals surface area contributed by atoms with Crippen LogP contribution < -0.4 is 16.0 Å². The number of nitrogens with zero attached hydrogens (tertiary/aromatic N) is 2. The largest absolute Gasteiger partial charge is 0.403 e. The van der Waals surface area contributed by atoms with Crippen LogP contribution in [0.5, 0.6) is 6.01 Å². The molecule has 1 aliphatic carbocycles. The van der Waals surface area contributed by atoms with Gasteiger partial charge < -0.3 is 9.25 Å². The summed E-state index contributed by atoms with van der Waals surface area (Å²) in [5.41, 5.74) is 1.39. The van der Waals surface area contributed by atoms with Gasteiger partial charge in [-0.15, -0.1) is 0 Å². The molecule has 1 N–H and O–H groups in total. The maximum Gasteiger partial charge on any atom is 0.337 e. The predicted molar refractivity (Wildman–Crippen MR) is 99.7 cm³/mol. The minimum Gasteiger partial charge on any atom is -0.403 e. The lowest BCUT2D eigenvalue weighted by Crippen LogP contribution is -2.14. The van der Waals surface area contributed by atoms with Gasteiger partial charge in [-0.2, -0.15) is 4.98 Å². The zero-order chi connectivity index (χ0) is 18.5. The number of H-pyrrole nitrogens is 1. The Morgan fingerprint density at radius 1 is 1.38 bits per heavy atom. The molecule has 0 amide bonds. The Balaban J connectivity index is 1.96. The molecule has 0 atom stereocenters. The van der Waals surface area contributed by atoms with Crippen LogP contribution in [-0.2, 0) is 6.42 Å². The van der Waals surface area contributed by atoms with Crippen molar-refractivity contribution in [2.24, 2.45) is 5.16 Å². The van der Waals surface area contributed by atoms with Crippen LogP contribution in [0.15, 0.2) is 49.0 Å². The fourth-order valence-corrected chi connectivity index (χ4v) is 2.81. The maximum absolute atomic E-state index is 12.4. The maximum atomic E-state index is 12.4. The molecule has 26 heavy (non-hydrogen) atoms. The molecular weight excluding hydrogens is 334 g/mol. The van der Waals surface area contributed by atoms with Crippen LogP contribution in [0.25, 0.3) is 11.1 Å². The molecule has 0 aliphatic heterocycles. The molecule has 0 saturated carbocycles. The summed E-state index contributed by atoms with van der Waals surface area (Å²) in [6, 6.07) is 1.20. The average molecular weight is 355 g/mol. The van der Waals surface area contributed by atoms with E-state index in [1.807, 2.05) is 19.1 Å². The van der Waals surface area contributed by atoms with E-state index in [2.05, 4.69) is 28.1 Å². The number of hydrogen-bond acceptors (Lipinski definition) is 6. The van der Waals surface area contributed by atoms with Crippen molar-refractivity contribution in [2.45, 2.75) is 46.0 Å². The van der Waals surface area contributed by atoms with Crippen LogP contribution in [0.4, 0.5) is 0 Å². The number of allylic oxidation sites excluding steroid dienone is 4. The Hall–Kier alpha value is -2.96. The lowest BCUT2D eigenvalue weighted by atomic mass is 10.1. The number of aryl methyl sites for hydroxylation is 1. The van der Waals surface area contributed by atoms with Crippen LogP contribution in [0.1, 0.15) is 45.1 Å². The predicted octanol–water partition coefficient (Wildman–Crippen LogP) is 3.25. The Bertz CT molecular complexity index is 1010. The first kappa shape index (κ1) is 17.8. The monoisotopic (exact) mass is 355 g/mol. The van der Waals surface area contributed by atoms with Crippen molar-refractivity contribution in [1.29, 1.82) is 0 Å². The molecule has 0 radical (unpaired) electrons. The third-order valence-corrected chi connectivity index (χ3v) is 4.17. The first-order valence-electron chi connectivity index (χ1n) is 8.80. The molecule has 3 rings (SSSR count). The van der Waals surface area contributed by atoms with Crippen LogP contribution in [0.3, 0.4) is 0 Å². The van der Waals surface area contributed by atoms with Crippen molar-refractivity contribution in [3.63, 3.8) is 0 Å². The fraction of sp³-hybridized carbons (Fsp3) is 0.368. The molecule has 0 aromatic carbocycles. The molecule has 2 heterocycles. The number of hydrogen-bond donors (Lipinski definition) is 1. The van der Waals surface area contributed by atoms with Crippen molar-refractivity contribution in [3.8, 4) is 6.01 Å². The molecule has 0 spiro atoms. The van der Waals surface area contributed by atoms with E-state index in [9.17, 15) is 9.59 Å². The standard InChI is InChI=1S/C19H21N3O4/c1-3-5-10-14(13-8-6-7-9-13)22-26-19-20-17(24)16-12(4-2)11-15(23)25-18(16)21-19/h6,8-9,11H,3-5,7,10H2,1-2H3,(H,20,21,24)/b22-14+. The first-order chi connectivity index (χ1) is 12.6. The quantitative estimate of drug-likeness (QED) is 0.607. The summed E-state index contributed by atoms with van der Waals surface area (Å²) < 4.78 is 5.06. The number of rotatable bonds is 7. The van der Waals surface area contributed by atoms with Gasteiger partial charge in [0, 0.05) is 6.07 Å². The third kappa shape index (κ3) is 3.82.